The van der Waals surface area contributed by atoms with Gasteiger partial charge in [-0.15, -0.1) is 0 Å². The number of aromatic nitrogens is 2. The van der Waals surface area contributed by atoms with Crippen molar-refractivity contribution in [1.82, 2.24) is 14.9 Å². The first-order valence-corrected chi connectivity index (χ1v) is 11.3. The van der Waals surface area contributed by atoms with Crippen LogP contribution in [0.2, 0.25) is 0 Å². The van der Waals surface area contributed by atoms with Crippen molar-refractivity contribution in [3.05, 3.63) is 40.8 Å². The minimum absolute atomic E-state index is 0.157. The maximum absolute atomic E-state index is 13.5. The van der Waals surface area contributed by atoms with Gasteiger partial charge in [-0.25, -0.2) is 18.2 Å². The quantitative estimate of drug-likeness (QED) is 0.622. The third-order valence-corrected chi connectivity index (χ3v) is 7.13. The number of nitrogens with zero attached hydrogens (tertiary/aromatic N) is 4. The van der Waals surface area contributed by atoms with Crippen LogP contribution in [0, 0.1) is 24.4 Å². The predicted octanol–water partition coefficient (Wildman–Crippen LogP) is 2.46. The van der Waals surface area contributed by atoms with Crippen molar-refractivity contribution in [2.45, 2.75) is 43.9 Å². The Balaban J connectivity index is 1.29. The summed E-state index contributed by atoms with van der Waals surface area (Å²) in [6.45, 7) is 2.27. The molecule has 2 N–H and O–H groups in total. The van der Waals surface area contributed by atoms with Crippen molar-refractivity contribution in [1.29, 1.82) is 0 Å². The molecule has 1 saturated carbocycles. The second-order valence-electron chi connectivity index (χ2n) is 9.26. The zero-order chi connectivity index (χ0) is 25.1. The number of anilines is 3. The van der Waals surface area contributed by atoms with Crippen LogP contribution in [-0.4, -0.2) is 71.6 Å². The standard InChI is InChI=1S/C23H25F3N6O3/c1-11-17-19(31(2)18(20(33)29-17)23(35-3)5-4-6-23)30-22(27-11)28-13-9-32(10-13)21(34)12-7-14(24)16(26)15(25)8-12/h7-8,13,18H,4-6,9-10H2,1-3H3,(H,29,33)(H,27,28,30)/t18-/m1/s1. The second kappa shape index (κ2) is 8.36. The number of likely N-dealkylation sites (N-methyl/N-ethyl adjacent to an activating group) is 1. The maximum Gasteiger partial charge on any atom is 0.254 e. The summed E-state index contributed by atoms with van der Waals surface area (Å²) >= 11 is 0. The zero-order valence-corrected chi connectivity index (χ0v) is 19.5. The average Bonchev–Trinajstić information content (AvgIpc) is 2.76. The van der Waals surface area contributed by atoms with Crippen molar-refractivity contribution < 1.29 is 27.5 Å². The first-order valence-electron chi connectivity index (χ1n) is 11.3. The van der Waals surface area contributed by atoms with Gasteiger partial charge in [-0.05, 0) is 38.3 Å². The number of hydrogen-bond acceptors (Lipinski definition) is 7. The molecular weight excluding hydrogens is 465 g/mol. The number of aryl methyl sites for hydroxylation is 1. The van der Waals surface area contributed by atoms with Crippen LogP contribution in [0.15, 0.2) is 12.1 Å². The molecular formula is C23H25F3N6O3. The summed E-state index contributed by atoms with van der Waals surface area (Å²) in [7, 11) is 3.43. The minimum atomic E-state index is -1.61. The predicted molar refractivity (Wildman–Crippen MR) is 121 cm³/mol. The number of hydrogen-bond donors (Lipinski definition) is 2. The number of methoxy groups -OCH3 is 1. The number of rotatable bonds is 5. The Morgan fingerprint density at radius 2 is 1.86 bits per heavy atom. The molecule has 35 heavy (non-hydrogen) atoms. The number of benzene rings is 1. The van der Waals surface area contributed by atoms with E-state index in [9.17, 15) is 22.8 Å². The average molecular weight is 490 g/mol. The fraction of sp³-hybridized carbons (Fsp3) is 0.478. The van der Waals surface area contributed by atoms with Gasteiger partial charge in [0.25, 0.3) is 5.91 Å². The fourth-order valence-electron chi connectivity index (χ4n) is 5.00. The third-order valence-electron chi connectivity index (χ3n) is 7.13. The molecule has 1 saturated heterocycles. The number of amides is 2. The molecule has 3 heterocycles. The molecule has 1 aliphatic carbocycles. The van der Waals surface area contributed by atoms with Crippen LogP contribution >= 0.6 is 0 Å². The molecule has 2 aliphatic heterocycles. The highest BCUT2D eigenvalue weighted by Gasteiger charge is 2.52. The van der Waals surface area contributed by atoms with E-state index in [0.717, 1.165) is 19.3 Å². The molecule has 9 nitrogen and oxygen atoms in total. The number of halogens is 3. The Kier molecular flexibility index (Phi) is 5.58. The summed E-state index contributed by atoms with van der Waals surface area (Å²) in [5, 5.41) is 6.09. The summed E-state index contributed by atoms with van der Waals surface area (Å²) in [5.41, 5.74) is 0.306. The van der Waals surface area contributed by atoms with Gasteiger partial charge in [0.15, 0.2) is 23.3 Å². The highest BCUT2D eigenvalue weighted by molar-refractivity contribution is 6.04. The van der Waals surface area contributed by atoms with Crippen LogP contribution in [0.5, 0.6) is 0 Å². The van der Waals surface area contributed by atoms with Gasteiger partial charge < -0.3 is 25.2 Å². The maximum atomic E-state index is 13.5. The van der Waals surface area contributed by atoms with Gasteiger partial charge in [0.1, 0.15) is 11.7 Å². The lowest BCUT2D eigenvalue weighted by Gasteiger charge is -2.50. The van der Waals surface area contributed by atoms with Gasteiger partial charge in [-0.2, -0.15) is 4.98 Å². The monoisotopic (exact) mass is 490 g/mol. The third kappa shape index (κ3) is 3.76. The largest absolute Gasteiger partial charge is 0.376 e. The van der Waals surface area contributed by atoms with Crippen LogP contribution in [0.1, 0.15) is 35.3 Å². The summed E-state index contributed by atoms with van der Waals surface area (Å²) < 4.78 is 45.9. The van der Waals surface area contributed by atoms with Gasteiger partial charge in [-0.3, -0.25) is 9.59 Å². The van der Waals surface area contributed by atoms with E-state index in [1.807, 2.05) is 11.9 Å². The molecule has 0 bridgehead atoms. The zero-order valence-electron chi connectivity index (χ0n) is 19.5. The lowest BCUT2D eigenvalue weighted by molar-refractivity contribution is -0.135. The van der Waals surface area contributed by atoms with Crippen molar-refractivity contribution in [2.75, 3.05) is 42.8 Å². The Bertz CT molecular complexity index is 1190. The molecule has 0 radical (unpaired) electrons. The highest BCUT2D eigenvalue weighted by Crippen LogP contribution is 2.44. The molecule has 1 atom stereocenters. The summed E-state index contributed by atoms with van der Waals surface area (Å²) in [6.07, 6.45) is 2.55. The summed E-state index contributed by atoms with van der Waals surface area (Å²) in [5.74, 6) is -4.28. The van der Waals surface area contributed by atoms with E-state index < -0.39 is 35.0 Å². The molecule has 12 heteroatoms. The Morgan fingerprint density at radius 1 is 1.20 bits per heavy atom. The van der Waals surface area contributed by atoms with Crippen molar-refractivity contribution in [3.63, 3.8) is 0 Å². The molecule has 1 aromatic heterocycles. The van der Waals surface area contributed by atoms with Gasteiger partial charge in [-0.1, -0.05) is 0 Å². The summed E-state index contributed by atoms with van der Waals surface area (Å²) in [6, 6.07) is 0.659. The fourth-order valence-corrected chi connectivity index (χ4v) is 5.00. The van der Waals surface area contributed by atoms with Crippen LogP contribution in [0.25, 0.3) is 0 Å². The van der Waals surface area contributed by atoms with E-state index in [1.54, 1.807) is 14.0 Å². The second-order valence-corrected chi connectivity index (χ2v) is 9.26. The Morgan fingerprint density at radius 3 is 2.43 bits per heavy atom. The molecule has 186 valence electrons. The van der Waals surface area contributed by atoms with Gasteiger partial charge in [0.2, 0.25) is 11.9 Å². The van der Waals surface area contributed by atoms with E-state index in [1.165, 1.54) is 4.90 Å². The number of likely N-dealkylation sites (tertiary alicyclic amines) is 1. The van der Waals surface area contributed by atoms with Crippen LogP contribution < -0.4 is 15.5 Å². The SMILES string of the molecule is COC1([C@H]2C(=O)Nc3c(C)nc(NC4CN(C(=O)c5cc(F)c(F)c(F)c5)C4)nc3N2C)CCC1. The molecule has 0 spiro atoms. The number of carbonyl (C=O) groups is 2. The van der Waals surface area contributed by atoms with E-state index in [0.29, 0.717) is 35.3 Å². The minimum Gasteiger partial charge on any atom is -0.376 e. The normalized spacial score (nSPS) is 21.1. The van der Waals surface area contributed by atoms with Crippen LogP contribution in [-0.2, 0) is 9.53 Å². The first kappa shape index (κ1) is 23.3. The van der Waals surface area contributed by atoms with Crippen molar-refractivity contribution in [3.8, 4) is 0 Å². The molecule has 2 amide bonds. The number of ether oxygens (including phenoxy) is 1. The van der Waals surface area contributed by atoms with E-state index in [4.69, 9.17) is 4.74 Å². The van der Waals surface area contributed by atoms with Crippen molar-refractivity contribution >= 4 is 29.3 Å². The lowest BCUT2D eigenvalue weighted by atomic mass is 9.73. The number of carbonyl (C=O) groups excluding carboxylic acids is 2. The van der Waals surface area contributed by atoms with E-state index >= 15 is 0 Å². The molecule has 2 fully saturated rings. The number of nitrogens with one attached hydrogen (secondary N) is 2. The first-order chi connectivity index (χ1) is 16.6. The Labute approximate surface area is 199 Å². The van der Waals surface area contributed by atoms with Crippen molar-refractivity contribution in [2.24, 2.45) is 0 Å². The molecule has 0 unspecified atom stereocenters. The summed E-state index contributed by atoms with van der Waals surface area (Å²) in [4.78, 5) is 37.7. The molecule has 3 aliphatic rings. The van der Waals surface area contributed by atoms with E-state index in [2.05, 4.69) is 20.6 Å². The Hall–Kier alpha value is -3.41. The molecule has 5 rings (SSSR count). The molecule has 2 aromatic rings. The van der Waals surface area contributed by atoms with Crippen LogP contribution in [0.4, 0.5) is 30.6 Å². The van der Waals surface area contributed by atoms with Crippen LogP contribution in [0.3, 0.4) is 0 Å². The van der Waals surface area contributed by atoms with Gasteiger partial charge in [0, 0.05) is 32.8 Å². The smallest absolute Gasteiger partial charge is 0.254 e. The van der Waals surface area contributed by atoms with E-state index in [-0.39, 0.29) is 30.6 Å². The number of fused-ring (bicyclic) bond motifs is 1. The van der Waals surface area contributed by atoms with Gasteiger partial charge in [0.05, 0.1) is 17.3 Å². The topological polar surface area (TPSA) is 99.7 Å². The van der Waals surface area contributed by atoms with Gasteiger partial charge >= 0.3 is 0 Å². The lowest BCUT2D eigenvalue weighted by Crippen LogP contribution is -2.64. The molecule has 1 aromatic carbocycles. The highest BCUT2D eigenvalue weighted by atomic mass is 19.2.